The highest BCUT2D eigenvalue weighted by atomic mass is 15.3. The first-order valence-electron chi connectivity index (χ1n) is 30.3. The predicted octanol–water partition coefficient (Wildman–Crippen LogP) is 18.7. The third-order valence-corrected chi connectivity index (χ3v) is 21.5. The lowest BCUT2D eigenvalue weighted by molar-refractivity contribution is 0.195. The van der Waals surface area contributed by atoms with Crippen molar-refractivity contribution < 1.29 is 0 Å². The fraction of sp³-hybridized carbons (Fsp3) is 0.440. The van der Waals surface area contributed by atoms with Crippen LogP contribution in [0.15, 0.2) is 121 Å². The summed E-state index contributed by atoms with van der Waals surface area (Å²) in [5.41, 5.74) is 30.2. The van der Waals surface area contributed by atoms with Gasteiger partial charge in [-0.15, -0.1) is 0 Å². The van der Waals surface area contributed by atoms with Gasteiger partial charge in [0.05, 0.1) is 11.2 Å². The van der Waals surface area contributed by atoms with Gasteiger partial charge in [0.15, 0.2) is 0 Å². The standard InChI is InChI=1S/C75H88BN3/c1-46-36-65-67-66(37-46)78(62-43-56-53(38-47(62)2)72(13,14)45-73(56,15)16)63-41-51(79-61-31-27-50(69(6,7)8)40-57(61)74(17)32-22-23-33-75(74,79)18)28-29-58(63)76(67)59-42-54-55(71(11,12)35-34-70(54,9)10)44-64(59)77(65)60-30-26-49(68(3,4)5)39-52(60)48-24-20-19-21-25-48/h19-21,24-31,36-44H,22-23,32-35,45H2,1-18H3. The minimum Gasteiger partial charge on any atom is -0.334 e. The largest absolute Gasteiger partial charge is 0.334 e. The zero-order valence-corrected chi connectivity index (χ0v) is 51.4. The summed E-state index contributed by atoms with van der Waals surface area (Å²) in [5, 5.41) is 0. The van der Waals surface area contributed by atoms with E-state index in [1.807, 2.05) is 0 Å². The highest BCUT2D eigenvalue weighted by molar-refractivity contribution is 7.00. The van der Waals surface area contributed by atoms with E-state index in [0.29, 0.717) is 0 Å². The summed E-state index contributed by atoms with van der Waals surface area (Å²) in [6.07, 6.45) is 8.33. The van der Waals surface area contributed by atoms with E-state index in [1.165, 1.54) is 149 Å². The fourth-order valence-corrected chi connectivity index (χ4v) is 16.8. The van der Waals surface area contributed by atoms with Gasteiger partial charge in [0.1, 0.15) is 0 Å². The van der Waals surface area contributed by atoms with E-state index in [4.69, 9.17) is 0 Å². The topological polar surface area (TPSA) is 9.72 Å². The lowest BCUT2D eigenvalue weighted by Gasteiger charge is -2.51. The summed E-state index contributed by atoms with van der Waals surface area (Å²) >= 11 is 0. The average Bonchev–Trinajstić information content (AvgIpc) is 2.82. The molecule has 0 spiro atoms. The summed E-state index contributed by atoms with van der Waals surface area (Å²) < 4.78 is 0. The highest BCUT2D eigenvalue weighted by Gasteiger charge is 2.58. The number of rotatable bonds is 4. The first kappa shape index (κ1) is 52.4. The molecule has 3 nitrogen and oxygen atoms in total. The van der Waals surface area contributed by atoms with Gasteiger partial charge in [0, 0.05) is 50.8 Å². The van der Waals surface area contributed by atoms with Gasteiger partial charge in [0.25, 0.3) is 6.71 Å². The third-order valence-electron chi connectivity index (χ3n) is 21.5. The van der Waals surface area contributed by atoms with Crippen molar-refractivity contribution in [2.24, 2.45) is 0 Å². The van der Waals surface area contributed by atoms with Crippen LogP contribution < -0.4 is 31.1 Å². The summed E-state index contributed by atoms with van der Waals surface area (Å²) in [7, 11) is 0. The summed E-state index contributed by atoms with van der Waals surface area (Å²) in [6.45, 7) is 44.1. The van der Waals surface area contributed by atoms with Gasteiger partial charge in [-0.1, -0.05) is 183 Å². The number of fused-ring (bicyclic) bond motifs is 9. The Bertz CT molecular complexity index is 3710. The molecule has 1 saturated carbocycles. The number of hydrogen-bond donors (Lipinski definition) is 0. The lowest BCUT2D eigenvalue weighted by atomic mass is 9.33. The van der Waals surface area contributed by atoms with E-state index in [2.05, 4.69) is 261 Å². The highest BCUT2D eigenvalue weighted by Crippen LogP contribution is 2.62. The first-order chi connectivity index (χ1) is 36.9. The van der Waals surface area contributed by atoms with Gasteiger partial charge in [-0.2, -0.15) is 0 Å². The van der Waals surface area contributed by atoms with Crippen molar-refractivity contribution in [3.8, 4) is 11.1 Å². The molecule has 1 fully saturated rings. The SMILES string of the molecule is Cc1cc2c3c(c1)N(c1ccc(C(C)(C)C)cc1-c1ccccc1)c1cc4c(cc1B3c1ccc(N3c5ccc(C(C)(C)C)cc5C5(C)CCCCC35C)cc1N2c1cc2c(cc1C)C(C)(C)CC2(C)C)C(C)(C)CCC4(C)C. The molecule has 0 bridgehead atoms. The molecule has 7 aromatic rings. The lowest BCUT2D eigenvalue weighted by Crippen LogP contribution is -2.62. The van der Waals surface area contributed by atoms with Crippen LogP contribution in [-0.2, 0) is 37.9 Å². The maximum Gasteiger partial charge on any atom is 0.252 e. The van der Waals surface area contributed by atoms with Crippen LogP contribution in [0, 0.1) is 13.8 Å². The van der Waals surface area contributed by atoms with Crippen LogP contribution in [0.2, 0.25) is 0 Å². The van der Waals surface area contributed by atoms with Crippen molar-refractivity contribution >= 4 is 68.6 Å². The number of nitrogens with zero attached hydrogens (tertiary/aromatic N) is 3. The van der Waals surface area contributed by atoms with Crippen LogP contribution in [0.1, 0.15) is 206 Å². The Morgan fingerprint density at radius 1 is 0.430 bits per heavy atom. The van der Waals surface area contributed by atoms with E-state index in [0.717, 1.165) is 19.3 Å². The molecule has 0 radical (unpaired) electrons. The first-order valence-corrected chi connectivity index (χ1v) is 30.3. The molecular formula is C75H88BN3. The van der Waals surface area contributed by atoms with Crippen molar-refractivity contribution in [2.45, 2.75) is 213 Å². The number of hydrogen-bond acceptors (Lipinski definition) is 3. The van der Waals surface area contributed by atoms with Gasteiger partial charge in [0.2, 0.25) is 0 Å². The second-order valence-corrected chi connectivity index (χ2v) is 30.9. The zero-order valence-electron chi connectivity index (χ0n) is 51.4. The van der Waals surface area contributed by atoms with E-state index in [-0.39, 0.29) is 50.2 Å². The molecule has 79 heavy (non-hydrogen) atoms. The van der Waals surface area contributed by atoms with Crippen molar-refractivity contribution in [1.29, 1.82) is 0 Å². The van der Waals surface area contributed by atoms with E-state index >= 15 is 0 Å². The molecule has 3 heterocycles. The molecule has 13 rings (SSSR count). The van der Waals surface area contributed by atoms with Gasteiger partial charge >= 0.3 is 0 Å². The molecule has 7 aromatic carbocycles. The molecule has 0 saturated heterocycles. The van der Waals surface area contributed by atoms with E-state index in [1.54, 1.807) is 0 Å². The summed E-state index contributed by atoms with van der Waals surface area (Å²) in [5.74, 6) is 0. The second-order valence-electron chi connectivity index (χ2n) is 30.9. The molecule has 0 N–H and O–H groups in total. The summed E-state index contributed by atoms with van der Waals surface area (Å²) in [6, 6.07) is 49.6. The van der Waals surface area contributed by atoms with E-state index < -0.39 is 0 Å². The monoisotopic (exact) mass is 1040 g/mol. The predicted molar refractivity (Wildman–Crippen MR) is 342 cm³/mol. The number of anilines is 8. The van der Waals surface area contributed by atoms with Crippen molar-refractivity contribution in [3.05, 3.63) is 171 Å². The van der Waals surface area contributed by atoms with E-state index in [9.17, 15) is 0 Å². The fourth-order valence-electron chi connectivity index (χ4n) is 16.8. The number of benzene rings is 7. The molecule has 6 aliphatic rings. The van der Waals surface area contributed by atoms with Crippen LogP contribution >= 0.6 is 0 Å². The molecule has 4 heteroatoms. The Morgan fingerprint density at radius 2 is 0.975 bits per heavy atom. The molecule has 2 atom stereocenters. The average molecular weight is 1040 g/mol. The van der Waals surface area contributed by atoms with Crippen LogP contribution in [0.5, 0.6) is 0 Å². The Balaban J connectivity index is 1.14. The van der Waals surface area contributed by atoms with Gasteiger partial charge in [-0.25, -0.2) is 0 Å². The van der Waals surface area contributed by atoms with Crippen molar-refractivity contribution in [3.63, 3.8) is 0 Å². The molecule has 3 aliphatic carbocycles. The summed E-state index contributed by atoms with van der Waals surface area (Å²) in [4.78, 5) is 8.31. The Labute approximate surface area is 476 Å². The molecule has 0 aromatic heterocycles. The Hall–Kier alpha value is -6.00. The Morgan fingerprint density at radius 3 is 1.62 bits per heavy atom. The van der Waals surface area contributed by atoms with Gasteiger partial charge < -0.3 is 14.7 Å². The second kappa shape index (κ2) is 16.8. The number of aryl methyl sites for hydroxylation is 2. The minimum absolute atomic E-state index is 0.00170. The molecular weight excluding hydrogens is 954 g/mol. The van der Waals surface area contributed by atoms with Gasteiger partial charge in [-0.05, 0) is 212 Å². The van der Waals surface area contributed by atoms with Crippen LogP contribution in [0.25, 0.3) is 11.1 Å². The minimum atomic E-state index is -0.0903. The smallest absolute Gasteiger partial charge is 0.252 e. The van der Waals surface area contributed by atoms with Crippen LogP contribution in [-0.4, -0.2) is 12.3 Å². The van der Waals surface area contributed by atoms with Crippen LogP contribution in [0.3, 0.4) is 0 Å². The van der Waals surface area contributed by atoms with Crippen molar-refractivity contribution in [1.82, 2.24) is 0 Å². The maximum absolute atomic E-state index is 2.83. The van der Waals surface area contributed by atoms with Gasteiger partial charge in [-0.3, -0.25) is 0 Å². The maximum atomic E-state index is 2.83. The zero-order chi connectivity index (χ0) is 56.1. The molecule has 0 amide bonds. The quantitative estimate of drug-likeness (QED) is 0.163. The normalized spacial score (nSPS) is 22.6. The Kier molecular flexibility index (Phi) is 11.1. The third kappa shape index (κ3) is 7.56. The molecule has 406 valence electrons. The molecule has 2 unspecified atom stereocenters. The molecule has 3 aliphatic heterocycles. The van der Waals surface area contributed by atoms with Crippen LogP contribution in [0.4, 0.5) is 45.5 Å². The van der Waals surface area contributed by atoms with Crippen molar-refractivity contribution in [2.75, 3.05) is 14.7 Å².